The number of rotatable bonds is 5. The van der Waals surface area contributed by atoms with Crippen LogP contribution in [0.2, 0.25) is 0 Å². The van der Waals surface area contributed by atoms with E-state index in [0.717, 1.165) is 19.4 Å². The second-order valence-corrected chi connectivity index (χ2v) is 3.37. The fourth-order valence-electron chi connectivity index (χ4n) is 1.67. The minimum absolute atomic E-state index is 0.682. The average molecular weight is 192 g/mol. The van der Waals surface area contributed by atoms with Crippen LogP contribution in [0.5, 0.6) is 0 Å². The predicted octanol–water partition coefficient (Wildman–Crippen LogP) is 2.18. The van der Waals surface area contributed by atoms with Crippen molar-refractivity contribution in [2.75, 3.05) is 18.4 Å². The number of anilines is 1. The van der Waals surface area contributed by atoms with E-state index < -0.39 is 0 Å². The summed E-state index contributed by atoms with van der Waals surface area (Å²) < 4.78 is 0. The van der Waals surface area contributed by atoms with E-state index in [2.05, 4.69) is 37.4 Å². The summed E-state index contributed by atoms with van der Waals surface area (Å²) in [4.78, 5) is 0. The summed E-state index contributed by atoms with van der Waals surface area (Å²) in [6.45, 7) is 5.90. The third kappa shape index (κ3) is 2.48. The molecule has 78 valence electrons. The zero-order valence-electron chi connectivity index (χ0n) is 9.14. The molecule has 0 fully saturated rings. The van der Waals surface area contributed by atoms with Crippen molar-refractivity contribution in [3.63, 3.8) is 0 Å². The maximum absolute atomic E-state index is 5.50. The molecule has 0 aliphatic rings. The van der Waals surface area contributed by atoms with Crippen LogP contribution in [0.15, 0.2) is 18.2 Å². The minimum Gasteiger partial charge on any atom is -0.383 e. The van der Waals surface area contributed by atoms with Gasteiger partial charge in [0.15, 0.2) is 0 Å². The number of hydrogen-bond donors (Lipinski definition) is 2. The second kappa shape index (κ2) is 5.66. The van der Waals surface area contributed by atoms with Crippen LogP contribution < -0.4 is 11.1 Å². The lowest BCUT2D eigenvalue weighted by molar-refractivity contribution is 0.998. The predicted molar refractivity (Wildman–Crippen MR) is 62.7 cm³/mol. The van der Waals surface area contributed by atoms with Gasteiger partial charge < -0.3 is 11.1 Å². The van der Waals surface area contributed by atoms with Crippen LogP contribution >= 0.6 is 0 Å². The van der Waals surface area contributed by atoms with Crippen molar-refractivity contribution in [3.05, 3.63) is 29.3 Å². The molecule has 0 radical (unpaired) electrons. The Morgan fingerprint density at radius 2 is 1.71 bits per heavy atom. The second-order valence-electron chi connectivity index (χ2n) is 3.37. The molecule has 0 aliphatic heterocycles. The highest BCUT2D eigenvalue weighted by Gasteiger charge is 2.04. The number of benzene rings is 1. The summed E-state index contributed by atoms with van der Waals surface area (Å²) in [6.07, 6.45) is 2.14. The zero-order chi connectivity index (χ0) is 10.4. The topological polar surface area (TPSA) is 38.0 Å². The number of aryl methyl sites for hydroxylation is 2. The molecule has 0 aromatic heterocycles. The molecule has 1 aromatic carbocycles. The van der Waals surface area contributed by atoms with Crippen LogP contribution in [0.1, 0.15) is 25.0 Å². The van der Waals surface area contributed by atoms with Crippen molar-refractivity contribution in [1.29, 1.82) is 0 Å². The van der Waals surface area contributed by atoms with Gasteiger partial charge in [0.25, 0.3) is 0 Å². The normalized spacial score (nSPS) is 10.2. The third-order valence-electron chi connectivity index (χ3n) is 2.44. The fraction of sp³-hybridized carbons (Fsp3) is 0.500. The van der Waals surface area contributed by atoms with Crippen LogP contribution in [0, 0.1) is 0 Å². The Balaban J connectivity index is 2.93. The standard InChI is InChI=1S/C12H20N2/c1-3-10-6-5-7-11(4-2)12(10)14-9-8-13/h5-7,14H,3-4,8-9,13H2,1-2H3. The maximum Gasteiger partial charge on any atom is 0.0405 e. The van der Waals surface area contributed by atoms with Gasteiger partial charge in [-0.1, -0.05) is 32.0 Å². The van der Waals surface area contributed by atoms with E-state index in [1.807, 2.05) is 0 Å². The first kappa shape index (κ1) is 11.1. The summed E-state index contributed by atoms with van der Waals surface area (Å²) in [6, 6.07) is 6.49. The number of para-hydroxylation sites is 1. The van der Waals surface area contributed by atoms with Gasteiger partial charge in [0.05, 0.1) is 0 Å². The highest BCUT2D eigenvalue weighted by molar-refractivity contribution is 5.57. The molecular weight excluding hydrogens is 172 g/mol. The Morgan fingerprint density at radius 3 is 2.14 bits per heavy atom. The molecule has 3 N–H and O–H groups in total. The molecule has 0 spiro atoms. The van der Waals surface area contributed by atoms with Crippen molar-refractivity contribution >= 4 is 5.69 Å². The van der Waals surface area contributed by atoms with Gasteiger partial charge in [0.1, 0.15) is 0 Å². The lowest BCUT2D eigenvalue weighted by atomic mass is 10.0. The van der Waals surface area contributed by atoms with Gasteiger partial charge in [-0.05, 0) is 24.0 Å². The monoisotopic (exact) mass is 192 g/mol. The van der Waals surface area contributed by atoms with E-state index in [9.17, 15) is 0 Å². The first-order valence-electron chi connectivity index (χ1n) is 5.38. The van der Waals surface area contributed by atoms with Crippen molar-refractivity contribution in [2.45, 2.75) is 26.7 Å². The molecule has 2 nitrogen and oxygen atoms in total. The first-order valence-corrected chi connectivity index (χ1v) is 5.38. The number of hydrogen-bond acceptors (Lipinski definition) is 2. The van der Waals surface area contributed by atoms with Gasteiger partial charge in [0.2, 0.25) is 0 Å². The summed E-state index contributed by atoms with van der Waals surface area (Å²) in [5.74, 6) is 0. The van der Waals surface area contributed by atoms with Crippen LogP contribution in [0.4, 0.5) is 5.69 Å². The van der Waals surface area contributed by atoms with Gasteiger partial charge in [-0.15, -0.1) is 0 Å². The van der Waals surface area contributed by atoms with E-state index in [1.165, 1.54) is 16.8 Å². The van der Waals surface area contributed by atoms with Crippen molar-refractivity contribution in [3.8, 4) is 0 Å². The Kier molecular flexibility index (Phi) is 4.47. The van der Waals surface area contributed by atoms with E-state index in [1.54, 1.807) is 0 Å². The molecule has 0 heterocycles. The van der Waals surface area contributed by atoms with Crippen LogP contribution in [0.25, 0.3) is 0 Å². The number of nitrogens with two attached hydrogens (primary N) is 1. The lowest BCUT2D eigenvalue weighted by Gasteiger charge is -2.14. The minimum atomic E-state index is 0.682. The van der Waals surface area contributed by atoms with Gasteiger partial charge in [-0.2, -0.15) is 0 Å². The summed E-state index contributed by atoms with van der Waals surface area (Å²) in [5, 5.41) is 3.41. The highest BCUT2D eigenvalue weighted by atomic mass is 14.9. The average Bonchev–Trinajstić information content (AvgIpc) is 2.25. The Hall–Kier alpha value is -1.02. The van der Waals surface area contributed by atoms with Crippen LogP contribution in [0.3, 0.4) is 0 Å². The van der Waals surface area contributed by atoms with Crippen molar-refractivity contribution < 1.29 is 0 Å². The maximum atomic E-state index is 5.50. The van der Waals surface area contributed by atoms with Crippen molar-refractivity contribution in [2.24, 2.45) is 5.73 Å². The summed E-state index contributed by atoms with van der Waals surface area (Å²) in [7, 11) is 0. The molecule has 0 amide bonds. The Bertz CT molecular complexity index is 259. The molecule has 0 saturated carbocycles. The third-order valence-corrected chi connectivity index (χ3v) is 2.44. The quantitative estimate of drug-likeness (QED) is 0.750. The Morgan fingerprint density at radius 1 is 1.14 bits per heavy atom. The van der Waals surface area contributed by atoms with Crippen LogP contribution in [-0.4, -0.2) is 13.1 Å². The van der Waals surface area contributed by atoms with E-state index in [-0.39, 0.29) is 0 Å². The summed E-state index contributed by atoms with van der Waals surface area (Å²) in [5.41, 5.74) is 9.57. The van der Waals surface area contributed by atoms with Gasteiger partial charge in [-0.3, -0.25) is 0 Å². The molecule has 0 saturated heterocycles. The SMILES string of the molecule is CCc1cccc(CC)c1NCCN. The Labute approximate surface area is 86.5 Å². The largest absolute Gasteiger partial charge is 0.383 e. The highest BCUT2D eigenvalue weighted by Crippen LogP contribution is 2.21. The first-order chi connectivity index (χ1) is 6.83. The molecule has 14 heavy (non-hydrogen) atoms. The molecule has 0 bridgehead atoms. The van der Waals surface area contributed by atoms with Crippen LogP contribution in [-0.2, 0) is 12.8 Å². The van der Waals surface area contributed by atoms with Gasteiger partial charge in [0, 0.05) is 18.8 Å². The zero-order valence-corrected chi connectivity index (χ0v) is 9.14. The van der Waals surface area contributed by atoms with E-state index in [0.29, 0.717) is 6.54 Å². The molecule has 0 atom stereocenters. The molecule has 0 aliphatic carbocycles. The smallest absolute Gasteiger partial charge is 0.0405 e. The lowest BCUT2D eigenvalue weighted by Crippen LogP contribution is -2.15. The molecule has 0 unspecified atom stereocenters. The molecule has 2 heteroatoms. The van der Waals surface area contributed by atoms with Gasteiger partial charge >= 0.3 is 0 Å². The van der Waals surface area contributed by atoms with E-state index in [4.69, 9.17) is 5.73 Å². The summed E-state index contributed by atoms with van der Waals surface area (Å²) >= 11 is 0. The molecule has 1 aromatic rings. The van der Waals surface area contributed by atoms with Crippen molar-refractivity contribution in [1.82, 2.24) is 0 Å². The molecule has 1 rings (SSSR count). The number of nitrogens with one attached hydrogen (secondary N) is 1. The van der Waals surface area contributed by atoms with Gasteiger partial charge in [-0.25, -0.2) is 0 Å². The van der Waals surface area contributed by atoms with E-state index >= 15 is 0 Å². The molecular formula is C12H20N2. The fourth-order valence-corrected chi connectivity index (χ4v) is 1.67.